The Hall–Kier alpha value is -0.940. The Morgan fingerprint density at radius 2 is 2.38 bits per heavy atom. The maximum atomic E-state index is 9.31. The molecule has 13 heavy (non-hydrogen) atoms. The fourth-order valence-corrected chi connectivity index (χ4v) is 1.34. The molecule has 5 heteroatoms. The minimum Gasteiger partial charge on any atom is -0.391 e. The van der Waals surface area contributed by atoms with Crippen LogP contribution in [0.15, 0.2) is 6.33 Å². The number of hydrogen-bond donors (Lipinski definition) is 2. The lowest BCUT2D eigenvalue weighted by Gasteiger charge is -2.14. The molecule has 0 spiro atoms. The molecule has 1 saturated carbocycles. The normalized spacial score (nSPS) is 21.5. The summed E-state index contributed by atoms with van der Waals surface area (Å²) >= 11 is 0. The fraction of sp³-hybridized carbons (Fsp3) is 0.750. The molecular weight excluding hydrogens is 168 g/mol. The van der Waals surface area contributed by atoms with Gasteiger partial charge in [0.15, 0.2) is 5.82 Å². The number of nitrogens with zero attached hydrogens (tertiary/aromatic N) is 3. The summed E-state index contributed by atoms with van der Waals surface area (Å²) in [5, 5.41) is 17.0. The van der Waals surface area contributed by atoms with Crippen LogP contribution in [0.25, 0.3) is 0 Å². The van der Waals surface area contributed by atoms with E-state index in [1.54, 1.807) is 13.3 Å². The van der Waals surface area contributed by atoms with Crippen LogP contribution in [0.4, 0.5) is 0 Å². The Labute approximate surface area is 76.6 Å². The zero-order valence-electron chi connectivity index (χ0n) is 7.59. The number of aromatic nitrogens is 3. The number of hydrogen-bond acceptors (Lipinski definition) is 4. The van der Waals surface area contributed by atoms with Crippen molar-refractivity contribution in [1.82, 2.24) is 14.8 Å². The molecule has 1 aromatic rings. The van der Waals surface area contributed by atoms with E-state index in [1.165, 1.54) is 0 Å². The summed E-state index contributed by atoms with van der Waals surface area (Å²) in [4.78, 5) is 0. The highest BCUT2D eigenvalue weighted by Gasteiger charge is 2.29. The van der Waals surface area contributed by atoms with E-state index < -0.39 is 12.1 Å². The molecule has 2 rings (SSSR count). The summed E-state index contributed by atoms with van der Waals surface area (Å²) in [6, 6.07) is 0.0814. The zero-order chi connectivity index (χ0) is 9.42. The average Bonchev–Trinajstić information content (AvgIpc) is 2.83. The van der Waals surface area contributed by atoms with Gasteiger partial charge in [0.2, 0.25) is 0 Å². The highest BCUT2D eigenvalue weighted by atomic mass is 16.3. The van der Waals surface area contributed by atoms with Crippen molar-refractivity contribution < 1.29 is 5.11 Å². The van der Waals surface area contributed by atoms with Crippen LogP contribution < -0.4 is 5.73 Å². The predicted molar refractivity (Wildman–Crippen MR) is 46.9 cm³/mol. The third-order valence-electron chi connectivity index (χ3n) is 2.36. The quantitative estimate of drug-likeness (QED) is 0.689. The standard InChI is InChI=1S/C8H14N4O/c1-5(13)7(9)8-11-10-4-12(8)6-2-3-6/h4-7,13H,2-3,9H2,1H3. The van der Waals surface area contributed by atoms with Gasteiger partial charge in [-0.25, -0.2) is 0 Å². The van der Waals surface area contributed by atoms with Gasteiger partial charge in [0, 0.05) is 6.04 Å². The summed E-state index contributed by atoms with van der Waals surface area (Å²) in [6.07, 6.45) is 3.44. The highest BCUT2D eigenvalue weighted by molar-refractivity contribution is 5.01. The molecule has 2 unspecified atom stereocenters. The summed E-state index contributed by atoms with van der Waals surface area (Å²) in [6.45, 7) is 1.66. The van der Waals surface area contributed by atoms with Crippen LogP contribution >= 0.6 is 0 Å². The lowest BCUT2D eigenvalue weighted by atomic mass is 10.2. The molecule has 72 valence electrons. The van der Waals surface area contributed by atoms with Crippen molar-refractivity contribution in [2.24, 2.45) is 5.73 Å². The molecule has 1 aliphatic carbocycles. The molecule has 0 bridgehead atoms. The van der Waals surface area contributed by atoms with Crippen molar-refractivity contribution in [3.05, 3.63) is 12.2 Å². The van der Waals surface area contributed by atoms with E-state index in [9.17, 15) is 5.11 Å². The summed E-state index contributed by atoms with van der Waals surface area (Å²) in [7, 11) is 0. The third kappa shape index (κ3) is 1.57. The first-order chi connectivity index (χ1) is 6.20. The maximum Gasteiger partial charge on any atom is 0.152 e. The number of aliphatic hydroxyl groups is 1. The molecule has 2 atom stereocenters. The monoisotopic (exact) mass is 182 g/mol. The van der Waals surface area contributed by atoms with Gasteiger partial charge in [-0.3, -0.25) is 0 Å². The van der Waals surface area contributed by atoms with Gasteiger partial charge < -0.3 is 15.4 Å². The minimum absolute atomic E-state index is 0.428. The van der Waals surface area contributed by atoms with E-state index in [0.717, 1.165) is 12.8 Å². The maximum absolute atomic E-state index is 9.31. The lowest BCUT2D eigenvalue weighted by molar-refractivity contribution is 0.158. The summed E-state index contributed by atoms with van der Waals surface area (Å²) in [5.41, 5.74) is 5.78. The third-order valence-corrected chi connectivity index (χ3v) is 2.36. The van der Waals surface area contributed by atoms with Crippen molar-refractivity contribution in [3.8, 4) is 0 Å². The van der Waals surface area contributed by atoms with Crippen LogP contribution in [0.1, 0.15) is 37.7 Å². The highest BCUT2D eigenvalue weighted by Crippen LogP contribution is 2.36. The van der Waals surface area contributed by atoms with Crippen LogP contribution in [-0.2, 0) is 0 Å². The average molecular weight is 182 g/mol. The van der Waals surface area contributed by atoms with Crippen LogP contribution in [0.3, 0.4) is 0 Å². The van der Waals surface area contributed by atoms with Crippen LogP contribution in [0, 0.1) is 0 Å². The fourth-order valence-electron chi connectivity index (χ4n) is 1.34. The van der Waals surface area contributed by atoms with Crippen molar-refractivity contribution in [1.29, 1.82) is 0 Å². The second-order valence-corrected chi connectivity index (χ2v) is 3.59. The van der Waals surface area contributed by atoms with E-state index >= 15 is 0 Å². The summed E-state index contributed by atoms with van der Waals surface area (Å²) < 4.78 is 1.97. The Morgan fingerprint density at radius 3 is 2.92 bits per heavy atom. The Balaban J connectivity index is 2.22. The zero-order valence-corrected chi connectivity index (χ0v) is 7.59. The van der Waals surface area contributed by atoms with Gasteiger partial charge in [-0.15, -0.1) is 10.2 Å². The van der Waals surface area contributed by atoms with Gasteiger partial charge in [-0.05, 0) is 19.8 Å². The Bertz CT molecular complexity index is 292. The largest absolute Gasteiger partial charge is 0.391 e. The van der Waals surface area contributed by atoms with Crippen molar-refractivity contribution >= 4 is 0 Å². The lowest BCUT2D eigenvalue weighted by Crippen LogP contribution is -2.26. The second-order valence-electron chi connectivity index (χ2n) is 3.59. The molecule has 0 aliphatic heterocycles. The first kappa shape index (κ1) is 8.65. The summed E-state index contributed by atoms with van der Waals surface area (Å²) in [5.74, 6) is 0.692. The van der Waals surface area contributed by atoms with Gasteiger partial charge in [-0.1, -0.05) is 0 Å². The van der Waals surface area contributed by atoms with Gasteiger partial charge >= 0.3 is 0 Å². The first-order valence-electron chi connectivity index (χ1n) is 4.53. The predicted octanol–water partition coefficient (Wildman–Crippen LogP) is -0.00640. The molecule has 1 aromatic heterocycles. The van der Waals surface area contributed by atoms with Gasteiger partial charge in [-0.2, -0.15) is 0 Å². The van der Waals surface area contributed by atoms with Gasteiger partial charge in [0.1, 0.15) is 6.33 Å². The molecule has 0 amide bonds. The van der Waals surface area contributed by atoms with Crippen LogP contribution in [-0.4, -0.2) is 26.0 Å². The van der Waals surface area contributed by atoms with Crippen molar-refractivity contribution in [2.45, 2.75) is 38.0 Å². The van der Waals surface area contributed by atoms with Crippen molar-refractivity contribution in [2.75, 3.05) is 0 Å². The number of nitrogens with two attached hydrogens (primary N) is 1. The second kappa shape index (κ2) is 3.08. The Morgan fingerprint density at radius 1 is 1.69 bits per heavy atom. The molecule has 1 aliphatic rings. The van der Waals surface area contributed by atoms with Crippen LogP contribution in [0.2, 0.25) is 0 Å². The van der Waals surface area contributed by atoms with E-state index in [-0.39, 0.29) is 0 Å². The Kier molecular flexibility index (Phi) is 2.05. The molecule has 0 aromatic carbocycles. The molecule has 0 saturated heterocycles. The first-order valence-corrected chi connectivity index (χ1v) is 4.53. The molecule has 3 N–H and O–H groups in total. The van der Waals surface area contributed by atoms with Crippen LogP contribution in [0.5, 0.6) is 0 Å². The molecule has 1 heterocycles. The molecule has 5 nitrogen and oxygen atoms in total. The molecule has 0 radical (unpaired) electrons. The smallest absolute Gasteiger partial charge is 0.152 e. The van der Waals surface area contributed by atoms with E-state index in [2.05, 4.69) is 10.2 Å². The van der Waals surface area contributed by atoms with Gasteiger partial charge in [0.25, 0.3) is 0 Å². The SMILES string of the molecule is CC(O)C(N)c1nncn1C1CC1. The van der Waals surface area contributed by atoms with E-state index in [0.29, 0.717) is 11.9 Å². The van der Waals surface area contributed by atoms with E-state index in [4.69, 9.17) is 5.73 Å². The number of rotatable bonds is 3. The topological polar surface area (TPSA) is 77.0 Å². The molecular formula is C8H14N4O. The van der Waals surface area contributed by atoms with Crippen molar-refractivity contribution in [3.63, 3.8) is 0 Å². The minimum atomic E-state index is -0.582. The van der Waals surface area contributed by atoms with E-state index in [1.807, 2.05) is 4.57 Å². The molecule has 1 fully saturated rings. The number of aliphatic hydroxyl groups excluding tert-OH is 1. The van der Waals surface area contributed by atoms with Gasteiger partial charge in [0.05, 0.1) is 12.1 Å².